The first kappa shape index (κ1) is 22.3. The molecule has 0 saturated carbocycles. The van der Waals surface area contributed by atoms with E-state index in [1.807, 2.05) is 36.4 Å². The highest BCUT2D eigenvalue weighted by Crippen LogP contribution is 2.33. The fraction of sp³-hybridized carbons (Fsp3) is 0.280. The van der Waals surface area contributed by atoms with Crippen molar-refractivity contribution in [2.75, 3.05) is 40.4 Å². The predicted molar refractivity (Wildman–Crippen MR) is 125 cm³/mol. The minimum atomic E-state index is -3.68. The Kier molecular flexibility index (Phi) is 6.79. The van der Waals surface area contributed by atoms with Crippen molar-refractivity contribution >= 4 is 10.0 Å². The van der Waals surface area contributed by atoms with Gasteiger partial charge in [-0.05, 0) is 23.3 Å². The zero-order chi connectivity index (χ0) is 22.6. The summed E-state index contributed by atoms with van der Waals surface area (Å²) in [4.78, 5) is 2.51. The van der Waals surface area contributed by atoms with E-state index in [0.717, 1.165) is 0 Å². The van der Waals surface area contributed by atoms with Gasteiger partial charge in [0.2, 0.25) is 10.0 Å². The first-order chi connectivity index (χ1) is 15.5. The Morgan fingerprint density at radius 1 is 0.750 bits per heavy atom. The molecular formula is C25H28N2O4S. The van der Waals surface area contributed by atoms with Crippen molar-refractivity contribution in [1.82, 2.24) is 9.21 Å². The van der Waals surface area contributed by atoms with Gasteiger partial charge in [-0.3, -0.25) is 4.90 Å². The quantitative estimate of drug-likeness (QED) is 0.546. The average molecular weight is 453 g/mol. The molecule has 0 aliphatic carbocycles. The Hall–Kier alpha value is -2.87. The summed E-state index contributed by atoms with van der Waals surface area (Å²) in [6.07, 6.45) is 0. The molecule has 3 aromatic carbocycles. The van der Waals surface area contributed by atoms with Crippen molar-refractivity contribution < 1.29 is 17.9 Å². The summed E-state index contributed by atoms with van der Waals surface area (Å²) in [5.41, 5.74) is 2.40. The molecule has 1 heterocycles. The summed E-state index contributed by atoms with van der Waals surface area (Å²) in [6, 6.07) is 25.6. The van der Waals surface area contributed by atoms with Crippen molar-refractivity contribution in [3.8, 4) is 11.5 Å². The van der Waals surface area contributed by atoms with Crippen molar-refractivity contribution in [1.29, 1.82) is 0 Å². The molecular weight excluding hydrogens is 424 g/mol. The molecule has 168 valence electrons. The molecule has 0 unspecified atom stereocenters. The Bertz CT molecular complexity index is 1090. The minimum Gasteiger partial charge on any atom is -0.497 e. The van der Waals surface area contributed by atoms with Crippen LogP contribution in [0.3, 0.4) is 0 Å². The third kappa shape index (κ3) is 4.50. The van der Waals surface area contributed by atoms with Crippen molar-refractivity contribution in [3.63, 3.8) is 0 Å². The molecule has 0 amide bonds. The summed E-state index contributed by atoms with van der Waals surface area (Å²) in [5, 5.41) is 0. The van der Waals surface area contributed by atoms with E-state index in [4.69, 9.17) is 9.47 Å². The summed E-state index contributed by atoms with van der Waals surface area (Å²) in [7, 11) is -0.674. The molecule has 0 spiro atoms. The van der Waals surface area contributed by atoms with E-state index in [-0.39, 0.29) is 10.9 Å². The van der Waals surface area contributed by atoms with Gasteiger partial charge in [-0.1, -0.05) is 60.7 Å². The summed E-state index contributed by atoms with van der Waals surface area (Å²) in [6.45, 7) is 2.08. The molecule has 7 heteroatoms. The largest absolute Gasteiger partial charge is 0.497 e. The van der Waals surface area contributed by atoms with Gasteiger partial charge in [0.1, 0.15) is 16.4 Å². The number of sulfonamides is 1. The minimum absolute atomic E-state index is 0.0813. The number of hydrogen-bond acceptors (Lipinski definition) is 5. The van der Waals surface area contributed by atoms with Gasteiger partial charge >= 0.3 is 0 Å². The van der Waals surface area contributed by atoms with Crippen LogP contribution in [0.2, 0.25) is 0 Å². The van der Waals surface area contributed by atoms with Crippen molar-refractivity contribution in [3.05, 3.63) is 90.0 Å². The van der Waals surface area contributed by atoms with E-state index in [1.54, 1.807) is 22.5 Å². The van der Waals surface area contributed by atoms with Crippen LogP contribution in [0.4, 0.5) is 0 Å². The molecule has 0 bridgehead atoms. The number of methoxy groups -OCH3 is 2. The van der Waals surface area contributed by atoms with Crippen LogP contribution >= 0.6 is 0 Å². The number of benzene rings is 3. The van der Waals surface area contributed by atoms with Crippen molar-refractivity contribution in [2.45, 2.75) is 10.9 Å². The van der Waals surface area contributed by atoms with Gasteiger partial charge in [0.05, 0.1) is 20.3 Å². The van der Waals surface area contributed by atoms with Crippen LogP contribution in [-0.2, 0) is 10.0 Å². The highest BCUT2D eigenvalue weighted by molar-refractivity contribution is 7.89. The molecule has 4 rings (SSSR count). The lowest BCUT2D eigenvalue weighted by atomic mass is 9.96. The van der Waals surface area contributed by atoms with Crippen LogP contribution < -0.4 is 9.47 Å². The first-order valence-electron chi connectivity index (χ1n) is 10.6. The maximum absolute atomic E-state index is 13.4. The smallest absolute Gasteiger partial charge is 0.246 e. The Morgan fingerprint density at radius 3 is 1.81 bits per heavy atom. The fourth-order valence-corrected chi connectivity index (χ4v) is 5.77. The van der Waals surface area contributed by atoms with E-state index in [0.29, 0.717) is 37.7 Å². The molecule has 1 aliphatic heterocycles. The maximum atomic E-state index is 13.4. The van der Waals surface area contributed by atoms with Gasteiger partial charge in [-0.2, -0.15) is 4.31 Å². The lowest BCUT2D eigenvalue weighted by molar-refractivity contribution is 0.155. The second-order valence-corrected chi connectivity index (χ2v) is 9.59. The monoisotopic (exact) mass is 452 g/mol. The van der Waals surface area contributed by atoms with E-state index >= 15 is 0 Å². The lowest BCUT2D eigenvalue weighted by Gasteiger charge is -2.39. The molecule has 6 nitrogen and oxygen atoms in total. The van der Waals surface area contributed by atoms with Crippen LogP contribution in [0.5, 0.6) is 11.5 Å². The summed E-state index contributed by atoms with van der Waals surface area (Å²) < 4.78 is 38.8. The van der Waals surface area contributed by atoms with Crippen LogP contribution in [0, 0.1) is 0 Å². The predicted octanol–water partition coefficient (Wildman–Crippen LogP) is 3.80. The standard InChI is InChI=1S/C25H28N2O4S/c1-30-22-13-14-24(23(19-22)31-2)32(28,29)27-17-15-26(16-18-27)25(20-9-5-3-6-10-20)21-11-7-4-8-12-21/h3-14,19,25H,15-18H2,1-2H3. The van der Waals surface area contributed by atoms with Gasteiger partial charge in [0.15, 0.2) is 0 Å². The van der Waals surface area contributed by atoms with Gasteiger partial charge in [0.25, 0.3) is 0 Å². The Balaban J connectivity index is 1.56. The molecule has 1 saturated heterocycles. The molecule has 3 aromatic rings. The highest BCUT2D eigenvalue weighted by Gasteiger charge is 2.33. The molecule has 0 radical (unpaired) electrons. The maximum Gasteiger partial charge on any atom is 0.246 e. The van der Waals surface area contributed by atoms with Crippen LogP contribution in [-0.4, -0.2) is 58.0 Å². The van der Waals surface area contributed by atoms with Crippen LogP contribution in [0.25, 0.3) is 0 Å². The number of rotatable bonds is 7. The molecule has 1 aliphatic rings. The zero-order valence-corrected chi connectivity index (χ0v) is 19.2. The second kappa shape index (κ2) is 9.73. The van der Waals surface area contributed by atoms with Gasteiger partial charge in [0, 0.05) is 32.2 Å². The lowest BCUT2D eigenvalue weighted by Crippen LogP contribution is -2.49. The SMILES string of the molecule is COc1ccc(S(=O)(=O)N2CCN(C(c3ccccc3)c3ccccc3)CC2)c(OC)c1. The Labute approximate surface area is 190 Å². The summed E-state index contributed by atoms with van der Waals surface area (Å²) >= 11 is 0. The molecule has 0 aromatic heterocycles. The summed E-state index contributed by atoms with van der Waals surface area (Å²) in [5.74, 6) is 0.845. The molecule has 1 fully saturated rings. The highest BCUT2D eigenvalue weighted by atomic mass is 32.2. The van der Waals surface area contributed by atoms with Gasteiger partial charge in [-0.25, -0.2) is 8.42 Å². The van der Waals surface area contributed by atoms with E-state index < -0.39 is 10.0 Å². The van der Waals surface area contributed by atoms with Gasteiger partial charge < -0.3 is 9.47 Å². The third-order valence-electron chi connectivity index (χ3n) is 5.86. The number of hydrogen-bond donors (Lipinski definition) is 0. The second-order valence-electron chi connectivity index (χ2n) is 7.68. The number of piperazine rings is 1. The molecule has 0 N–H and O–H groups in total. The Morgan fingerprint density at radius 2 is 1.31 bits per heavy atom. The van der Waals surface area contributed by atoms with E-state index in [9.17, 15) is 8.42 Å². The number of nitrogens with zero attached hydrogens (tertiary/aromatic N) is 2. The van der Waals surface area contributed by atoms with Gasteiger partial charge in [-0.15, -0.1) is 0 Å². The fourth-order valence-electron chi connectivity index (χ4n) is 4.21. The third-order valence-corrected chi connectivity index (χ3v) is 7.80. The van der Waals surface area contributed by atoms with Crippen LogP contribution in [0.1, 0.15) is 17.2 Å². The van der Waals surface area contributed by atoms with Crippen LogP contribution in [0.15, 0.2) is 83.8 Å². The zero-order valence-electron chi connectivity index (χ0n) is 18.3. The van der Waals surface area contributed by atoms with Crippen molar-refractivity contribution in [2.24, 2.45) is 0 Å². The topological polar surface area (TPSA) is 59.1 Å². The molecule has 32 heavy (non-hydrogen) atoms. The number of ether oxygens (including phenoxy) is 2. The average Bonchev–Trinajstić information content (AvgIpc) is 2.85. The first-order valence-corrected chi connectivity index (χ1v) is 12.0. The van der Waals surface area contributed by atoms with E-state index in [1.165, 1.54) is 25.3 Å². The van der Waals surface area contributed by atoms with E-state index in [2.05, 4.69) is 29.2 Å². The normalized spacial score (nSPS) is 15.6. The molecule has 0 atom stereocenters.